The topological polar surface area (TPSA) is 49.4 Å². The van der Waals surface area contributed by atoms with Gasteiger partial charge in [-0.05, 0) is 37.5 Å². The molecule has 0 spiro atoms. The second kappa shape index (κ2) is 7.30. The van der Waals surface area contributed by atoms with Gasteiger partial charge in [0.15, 0.2) is 0 Å². The summed E-state index contributed by atoms with van der Waals surface area (Å²) in [7, 11) is 0. The second-order valence-electron chi connectivity index (χ2n) is 6.18. The maximum Gasteiger partial charge on any atom is 0.243 e. The van der Waals surface area contributed by atoms with Crippen molar-refractivity contribution in [1.29, 1.82) is 0 Å². The van der Waals surface area contributed by atoms with Crippen LogP contribution in [0.15, 0.2) is 54.6 Å². The summed E-state index contributed by atoms with van der Waals surface area (Å²) < 4.78 is 0. The van der Waals surface area contributed by atoms with E-state index in [2.05, 4.69) is 5.32 Å². The summed E-state index contributed by atoms with van der Waals surface area (Å²) in [5.74, 6) is -0.0561. The lowest BCUT2D eigenvalue weighted by atomic mass is 10.1. The predicted octanol–water partition coefficient (Wildman–Crippen LogP) is 2.85. The highest BCUT2D eigenvalue weighted by atomic mass is 16.2. The van der Waals surface area contributed by atoms with E-state index in [0.717, 1.165) is 17.7 Å². The Balaban J connectivity index is 1.62. The van der Waals surface area contributed by atoms with Crippen molar-refractivity contribution in [2.45, 2.75) is 32.2 Å². The fourth-order valence-electron chi connectivity index (χ4n) is 3.05. The molecular formula is C20H22N2O2. The molecule has 124 valence electrons. The zero-order valence-electron chi connectivity index (χ0n) is 13.9. The third-order valence-corrected chi connectivity index (χ3v) is 4.38. The first-order chi connectivity index (χ1) is 11.6. The van der Waals surface area contributed by atoms with Gasteiger partial charge < -0.3 is 5.32 Å². The lowest BCUT2D eigenvalue weighted by Gasteiger charge is -2.24. The van der Waals surface area contributed by atoms with Gasteiger partial charge in [0, 0.05) is 18.7 Å². The zero-order valence-corrected chi connectivity index (χ0v) is 13.9. The van der Waals surface area contributed by atoms with E-state index in [0.29, 0.717) is 19.4 Å². The van der Waals surface area contributed by atoms with Gasteiger partial charge in [0.25, 0.3) is 0 Å². The van der Waals surface area contributed by atoms with Gasteiger partial charge in [-0.2, -0.15) is 0 Å². The lowest BCUT2D eigenvalue weighted by Crippen LogP contribution is -2.45. The van der Waals surface area contributed by atoms with Crippen LogP contribution in [0.25, 0.3) is 0 Å². The van der Waals surface area contributed by atoms with Crippen LogP contribution in [0.5, 0.6) is 0 Å². The quantitative estimate of drug-likeness (QED) is 0.920. The predicted molar refractivity (Wildman–Crippen MR) is 94.8 cm³/mol. The standard InChI is InChI=1S/C20H22N2O2/c1-15-7-9-17(10-8-15)22-18(11-12-19(22)23)20(24)21-14-13-16-5-3-2-4-6-16/h2-10,18H,11-14H2,1H3,(H,21,24). The molecule has 2 aromatic rings. The summed E-state index contributed by atoms with van der Waals surface area (Å²) in [6.45, 7) is 2.58. The number of amides is 2. The van der Waals surface area contributed by atoms with Crippen LogP contribution in [-0.4, -0.2) is 24.4 Å². The third-order valence-electron chi connectivity index (χ3n) is 4.38. The van der Waals surface area contributed by atoms with E-state index >= 15 is 0 Å². The van der Waals surface area contributed by atoms with Gasteiger partial charge in [-0.1, -0.05) is 48.0 Å². The largest absolute Gasteiger partial charge is 0.354 e. The Morgan fingerprint density at radius 1 is 1.12 bits per heavy atom. The molecule has 24 heavy (non-hydrogen) atoms. The molecule has 4 nitrogen and oxygen atoms in total. The molecule has 0 saturated carbocycles. The third kappa shape index (κ3) is 3.65. The van der Waals surface area contributed by atoms with Crippen LogP contribution in [0.1, 0.15) is 24.0 Å². The average molecular weight is 322 g/mol. The van der Waals surface area contributed by atoms with E-state index in [4.69, 9.17) is 0 Å². The smallest absolute Gasteiger partial charge is 0.243 e. The normalized spacial score (nSPS) is 17.1. The van der Waals surface area contributed by atoms with Gasteiger partial charge in [0.05, 0.1) is 0 Å². The summed E-state index contributed by atoms with van der Waals surface area (Å²) in [5, 5.41) is 2.97. The summed E-state index contributed by atoms with van der Waals surface area (Å²) in [6.07, 6.45) is 1.78. The SMILES string of the molecule is Cc1ccc(N2C(=O)CCC2C(=O)NCCc2ccccc2)cc1. The van der Waals surface area contributed by atoms with Crippen molar-refractivity contribution in [2.24, 2.45) is 0 Å². The maximum atomic E-state index is 12.5. The van der Waals surface area contributed by atoms with Crippen molar-refractivity contribution in [3.63, 3.8) is 0 Å². The van der Waals surface area contributed by atoms with Crippen LogP contribution >= 0.6 is 0 Å². The van der Waals surface area contributed by atoms with E-state index in [-0.39, 0.29) is 11.8 Å². The summed E-state index contributed by atoms with van der Waals surface area (Å²) in [4.78, 5) is 26.4. The molecule has 2 amide bonds. The number of nitrogens with one attached hydrogen (secondary N) is 1. The molecule has 1 saturated heterocycles. The Labute approximate surface area is 142 Å². The van der Waals surface area contributed by atoms with Crippen molar-refractivity contribution >= 4 is 17.5 Å². The molecule has 4 heteroatoms. The highest BCUT2D eigenvalue weighted by Gasteiger charge is 2.36. The van der Waals surface area contributed by atoms with Crippen LogP contribution in [0.3, 0.4) is 0 Å². The van der Waals surface area contributed by atoms with Gasteiger partial charge in [0.1, 0.15) is 6.04 Å². The Kier molecular flexibility index (Phi) is 4.94. The highest BCUT2D eigenvalue weighted by Crippen LogP contribution is 2.27. The minimum atomic E-state index is -0.407. The number of nitrogens with zero attached hydrogens (tertiary/aromatic N) is 1. The Hall–Kier alpha value is -2.62. The van der Waals surface area contributed by atoms with E-state index in [1.807, 2.05) is 61.5 Å². The number of hydrogen-bond acceptors (Lipinski definition) is 2. The van der Waals surface area contributed by atoms with E-state index in [1.165, 1.54) is 5.56 Å². The summed E-state index contributed by atoms with van der Waals surface area (Å²) >= 11 is 0. The molecule has 0 bridgehead atoms. The van der Waals surface area contributed by atoms with Crippen LogP contribution in [0.4, 0.5) is 5.69 Å². The first-order valence-electron chi connectivity index (χ1n) is 8.35. The molecule has 0 aliphatic carbocycles. The molecule has 1 heterocycles. The molecule has 1 aliphatic heterocycles. The van der Waals surface area contributed by atoms with Gasteiger partial charge in [-0.3, -0.25) is 14.5 Å². The number of hydrogen-bond donors (Lipinski definition) is 1. The maximum absolute atomic E-state index is 12.5. The molecular weight excluding hydrogens is 300 g/mol. The highest BCUT2D eigenvalue weighted by molar-refractivity contribution is 6.03. The molecule has 1 fully saturated rings. The number of carbonyl (C=O) groups is 2. The number of rotatable bonds is 5. The monoisotopic (exact) mass is 322 g/mol. The van der Waals surface area contributed by atoms with Gasteiger partial charge in [0.2, 0.25) is 11.8 Å². The fraction of sp³-hybridized carbons (Fsp3) is 0.300. The molecule has 1 aliphatic rings. The van der Waals surface area contributed by atoms with E-state index < -0.39 is 6.04 Å². The van der Waals surface area contributed by atoms with Crippen LogP contribution in [0, 0.1) is 6.92 Å². The minimum absolute atomic E-state index is 0.0158. The second-order valence-corrected chi connectivity index (χ2v) is 6.18. The van der Waals surface area contributed by atoms with Crippen LogP contribution in [0.2, 0.25) is 0 Å². The van der Waals surface area contributed by atoms with Crippen LogP contribution < -0.4 is 10.2 Å². The van der Waals surface area contributed by atoms with E-state index in [9.17, 15) is 9.59 Å². The Morgan fingerprint density at radius 3 is 2.54 bits per heavy atom. The number of aryl methyl sites for hydroxylation is 1. The number of carbonyl (C=O) groups excluding carboxylic acids is 2. The molecule has 1 N–H and O–H groups in total. The number of anilines is 1. The summed E-state index contributed by atoms with van der Waals surface area (Å²) in [5.41, 5.74) is 3.12. The Bertz CT molecular complexity index is 710. The van der Waals surface area contributed by atoms with Crippen molar-refractivity contribution in [3.8, 4) is 0 Å². The van der Waals surface area contributed by atoms with Crippen molar-refractivity contribution in [3.05, 3.63) is 65.7 Å². The molecule has 0 radical (unpaired) electrons. The van der Waals surface area contributed by atoms with Crippen molar-refractivity contribution < 1.29 is 9.59 Å². The zero-order chi connectivity index (χ0) is 16.9. The van der Waals surface area contributed by atoms with Crippen LogP contribution in [-0.2, 0) is 16.0 Å². The molecule has 1 unspecified atom stereocenters. The molecule has 3 rings (SSSR count). The molecule has 0 aromatic heterocycles. The first-order valence-corrected chi connectivity index (χ1v) is 8.35. The van der Waals surface area contributed by atoms with E-state index in [1.54, 1.807) is 4.90 Å². The minimum Gasteiger partial charge on any atom is -0.354 e. The molecule has 1 atom stereocenters. The van der Waals surface area contributed by atoms with Gasteiger partial charge in [-0.15, -0.1) is 0 Å². The molecule has 2 aromatic carbocycles. The lowest BCUT2D eigenvalue weighted by molar-refractivity contribution is -0.123. The average Bonchev–Trinajstić information content (AvgIpc) is 2.98. The first kappa shape index (κ1) is 16.2. The number of benzene rings is 2. The van der Waals surface area contributed by atoms with Gasteiger partial charge in [-0.25, -0.2) is 0 Å². The fourth-order valence-corrected chi connectivity index (χ4v) is 3.05. The Morgan fingerprint density at radius 2 is 1.83 bits per heavy atom. The summed E-state index contributed by atoms with van der Waals surface area (Å²) in [6, 6.07) is 17.4. The van der Waals surface area contributed by atoms with Crippen molar-refractivity contribution in [2.75, 3.05) is 11.4 Å². The van der Waals surface area contributed by atoms with Crippen molar-refractivity contribution in [1.82, 2.24) is 5.32 Å². The van der Waals surface area contributed by atoms with Gasteiger partial charge >= 0.3 is 0 Å².